The third-order valence-corrected chi connectivity index (χ3v) is 3.14. The van der Waals surface area contributed by atoms with Crippen molar-refractivity contribution < 1.29 is 9.53 Å². The highest BCUT2D eigenvalue weighted by atomic mass is 16.5. The van der Waals surface area contributed by atoms with E-state index in [2.05, 4.69) is 12.2 Å². The van der Waals surface area contributed by atoms with E-state index in [1.54, 1.807) is 0 Å². The Kier molecular flexibility index (Phi) is 4.15. The van der Waals surface area contributed by atoms with Crippen LogP contribution in [0.4, 0.5) is 0 Å². The molecule has 1 unspecified atom stereocenters. The number of hydrogen-bond donors (Lipinski definition) is 1. The number of aryl methyl sites for hydroxylation is 1. The molecule has 0 spiro atoms. The molecule has 92 valence electrons. The van der Waals surface area contributed by atoms with E-state index in [1.165, 1.54) is 5.56 Å². The van der Waals surface area contributed by atoms with Gasteiger partial charge in [-0.1, -0.05) is 19.1 Å². The molecule has 1 N–H and O–H groups in total. The third-order valence-electron chi connectivity index (χ3n) is 3.14. The van der Waals surface area contributed by atoms with Crippen LogP contribution in [0.1, 0.15) is 35.7 Å². The highest BCUT2D eigenvalue weighted by Crippen LogP contribution is 2.11. The smallest absolute Gasteiger partial charge is 0.251 e. The lowest BCUT2D eigenvalue weighted by Crippen LogP contribution is -2.31. The van der Waals surface area contributed by atoms with Gasteiger partial charge in [-0.15, -0.1) is 0 Å². The molecular formula is C14H19NO2. The number of rotatable bonds is 4. The molecule has 1 atom stereocenters. The van der Waals surface area contributed by atoms with Crippen LogP contribution in [0, 0.1) is 0 Å². The highest BCUT2D eigenvalue weighted by Gasteiger charge is 2.16. The summed E-state index contributed by atoms with van der Waals surface area (Å²) in [7, 11) is 0. The number of nitrogens with one attached hydrogen (secondary N) is 1. The van der Waals surface area contributed by atoms with E-state index in [-0.39, 0.29) is 12.0 Å². The molecule has 1 saturated heterocycles. The zero-order valence-corrected chi connectivity index (χ0v) is 10.2. The summed E-state index contributed by atoms with van der Waals surface area (Å²) < 4.78 is 5.46. The fourth-order valence-corrected chi connectivity index (χ4v) is 2.01. The molecule has 1 fully saturated rings. The van der Waals surface area contributed by atoms with Gasteiger partial charge in [0.2, 0.25) is 0 Å². The summed E-state index contributed by atoms with van der Waals surface area (Å²) in [6.07, 6.45) is 3.35. The molecule has 0 bridgehead atoms. The molecule has 1 aliphatic rings. The first-order valence-corrected chi connectivity index (χ1v) is 6.28. The number of ether oxygens (including phenoxy) is 1. The van der Waals surface area contributed by atoms with Crippen molar-refractivity contribution in [1.82, 2.24) is 5.32 Å². The second kappa shape index (κ2) is 5.82. The number of carbonyl (C=O) groups is 1. The lowest BCUT2D eigenvalue weighted by molar-refractivity contribution is 0.0858. The molecule has 1 heterocycles. The van der Waals surface area contributed by atoms with Crippen LogP contribution in [-0.2, 0) is 11.2 Å². The molecule has 1 aromatic carbocycles. The quantitative estimate of drug-likeness (QED) is 0.865. The minimum atomic E-state index is -0.0110. The van der Waals surface area contributed by atoms with Gasteiger partial charge in [0.1, 0.15) is 0 Å². The van der Waals surface area contributed by atoms with E-state index >= 15 is 0 Å². The minimum Gasteiger partial charge on any atom is -0.376 e. The maximum Gasteiger partial charge on any atom is 0.251 e. The maximum atomic E-state index is 11.8. The van der Waals surface area contributed by atoms with Gasteiger partial charge in [0.25, 0.3) is 5.91 Å². The lowest BCUT2D eigenvalue weighted by atomic mass is 10.1. The zero-order valence-electron chi connectivity index (χ0n) is 10.2. The van der Waals surface area contributed by atoms with Gasteiger partial charge in [-0.25, -0.2) is 0 Å². The number of benzene rings is 1. The van der Waals surface area contributed by atoms with E-state index in [4.69, 9.17) is 4.74 Å². The van der Waals surface area contributed by atoms with Gasteiger partial charge in [0.15, 0.2) is 0 Å². The average molecular weight is 233 g/mol. The minimum absolute atomic E-state index is 0.0110. The first kappa shape index (κ1) is 12.1. The highest BCUT2D eigenvalue weighted by molar-refractivity contribution is 5.94. The van der Waals surface area contributed by atoms with Crippen LogP contribution < -0.4 is 5.32 Å². The second-order valence-corrected chi connectivity index (χ2v) is 4.40. The predicted octanol–water partition coefficient (Wildman–Crippen LogP) is 2.16. The van der Waals surface area contributed by atoms with Gasteiger partial charge in [-0.05, 0) is 37.0 Å². The van der Waals surface area contributed by atoms with E-state index in [0.717, 1.165) is 31.4 Å². The second-order valence-electron chi connectivity index (χ2n) is 4.40. The zero-order chi connectivity index (χ0) is 12.1. The first-order chi connectivity index (χ1) is 8.29. The summed E-state index contributed by atoms with van der Waals surface area (Å²) in [5, 5.41) is 2.91. The monoisotopic (exact) mass is 233 g/mol. The van der Waals surface area contributed by atoms with Crippen molar-refractivity contribution in [3.8, 4) is 0 Å². The summed E-state index contributed by atoms with van der Waals surface area (Å²) in [6.45, 7) is 3.55. The van der Waals surface area contributed by atoms with Crippen LogP contribution in [-0.4, -0.2) is 25.2 Å². The van der Waals surface area contributed by atoms with Gasteiger partial charge in [0.05, 0.1) is 6.10 Å². The largest absolute Gasteiger partial charge is 0.376 e. The molecular weight excluding hydrogens is 214 g/mol. The van der Waals surface area contributed by atoms with Crippen molar-refractivity contribution in [2.75, 3.05) is 13.2 Å². The van der Waals surface area contributed by atoms with Crippen molar-refractivity contribution in [3.63, 3.8) is 0 Å². The van der Waals surface area contributed by atoms with Gasteiger partial charge in [-0.3, -0.25) is 4.79 Å². The Hall–Kier alpha value is -1.35. The number of hydrogen-bond acceptors (Lipinski definition) is 2. The molecule has 17 heavy (non-hydrogen) atoms. The molecule has 0 radical (unpaired) electrons. The van der Waals surface area contributed by atoms with E-state index in [0.29, 0.717) is 6.54 Å². The molecule has 3 nitrogen and oxygen atoms in total. The van der Waals surface area contributed by atoms with Gasteiger partial charge >= 0.3 is 0 Å². The predicted molar refractivity (Wildman–Crippen MR) is 67.1 cm³/mol. The SMILES string of the molecule is CCc1ccc(C(=O)NCC2CCCO2)cc1. The molecule has 0 saturated carbocycles. The van der Waals surface area contributed by atoms with Crippen LogP contribution in [0.15, 0.2) is 24.3 Å². The Balaban J connectivity index is 1.85. The third kappa shape index (κ3) is 3.30. The lowest BCUT2D eigenvalue weighted by Gasteiger charge is -2.10. The van der Waals surface area contributed by atoms with Crippen LogP contribution in [0.25, 0.3) is 0 Å². The molecule has 1 amide bonds. The van der Waals surface area contributed by atoms with Crippen LogP contribution in [0.5, 0.6) is 0 Å². The Morgan fingerprint density at radius 2 is 2.18 bits per heavy atom. The number of amides is 1. The summed E-state index contributed by atoms with van der Waals surface area (Å²) in [6, 6.07) is 7.76. The molecule has 0 aliphatic carbocycles. The number of carbonyl (C=O) groups excluding carboxylic acids is 1. The van der Waals surface area contributed by atoms with Crippen LogP contribution in [0.3, 0.4) is 0 Å². The van der Waals surface area contributed by atoms with Crippen molar-refractivity contribution in [1.29, 1.82) is 0 Å². The van der Waals surface area contributed by atoms with Crippen molar-refractivity contribution in [2.24, 2.45) is 0 Å². The summed E-state index contributed by atoms with van der Waals surface area (Å²) in [4.78, 5) is 11.8. The molecule has 0 aromatic heterocycles. The topological polar surface area (TPSA) is 38.3 Å². The molecule has 3 heteroatoms. The Morgan fingerprint density at radius 1 is 1.41 bits per heavy atom. The fraction of sp³-hybridized carbons (Fsp3) is 0.500. The van der Waals surface area contributed by atoms with E-state index < -0.39 is 0 Å². The summed E-state index contributed by atoms with van der Waals surface area (Å²) >= 11 is 0. The Labute approximate surface area is 102 Å². The van der Waals surface area contributed by atoms with Crippen molar-refractivity contribution >= 4 is 5.91 Å². The first-order valence-electron chi connectivity index (χ1n) is 6.28. The normalized spacial score (nSPS) is 19.2. The fourth-order valence-electron chi connectivity index (χ4n) is 2.01. The van der Waals surface area contributed by atoms with Gasteiger partial charge in [0, 0.05) is 18.7 Å². The van der Waals surface area contributed by atoms with Crippen LogP contribution >= 0.6 is 0 Å². The Morgan fingerprint density at radius 3 is 2.76 bits per heavy atom. The van der Waals surface area contributed by atoms with Gasteiger partial charge < -0.3 is 10.1 Å². The maximum absolute atomic E-state index is 11.8. The van der Waals surface area contributed by atoms with Crippen molar-refractivity contribution in [2.45, 2.75) is 32.3 Å². The molecule has 2 rings (SSSR count). The Bertz CT molecular complexity index is 366. The standard InChI is InChI=1S/C14H19NO2/c1-2-11-5-7-12(8-6-11)14(16)15-10-13-4-3-9-17-13/h5-8,13H,2-4,9-10H2,1H3,(H,15,16). The summed E-state index contributed by atoms with van der Waals surface area (Å²) in [5.41, 5.74) is 1.97. The van der Waals surface area contributed by atoms with E-state index in [9.17, 15) is 4.79 Å². The van der Waals surface area contributed by atoms with E-state index in [1.807, 2.05) is 24.3 Å². The van der Waals surface area contributed by atoms with Crippen LogP contribution in [0.2, 0.25) is 0 Å². The average Bonchev–Trinajstić information content (AvgIpc) is 2.89. The van der Waals surface area contributed by atoms with Gasteiger partial charge in [-0.2, -0.15) is 0 Å². The molecule has 1 aromatic rings. The molecule has 1 aliphatic heterocycles. The summed E-state index contributed by atoms with van der Waals surface area (Å²) in [5.74, 6) is -0.0110. The van der Waals surface area contributed by atoms with Crippen molar-refractivity contribution in [3.05, 3.63) is 35.4 Å².